The van der Waals surface area contributed by atoms with Crippen LogP contribution < -0.4 is 4.72 Å². The zero-order valence-electron chi connectivity index (χ0n) is 12.5. The van der Waals surface area contributed by atoms with Crippen LogP contribution in [0.4, 0.5) is 0 Å². The van der Waals surface area contributed by atoms with Crippen LogP contribution in [0.2, 0.25) is 5.02 Å². The summed E-state index contributed by atoms with van der Waals surface area (Å²) in [6.07, 6.45) is 1.45. The van der Waals surface area contributed by atoms with Crippen molar-refractivity contribution in [3.05, 3.63) is 29.3 Å². The molecule has 124 valence electrons. The fraction of sp³-hybridized carbons (Fsp3) is 0.467. The van der Waals surface area contributed by atoms with Gasteiger partial charge in [0.2, 0.25) is 15.9 Å². The molecule has 1 N–H and O–H groups in total. The van der Waals surface area contributed by atoms with Gasteiger partial charge in [-0.1, -0.05) is 17.7 Å². The molecule has 1 saturated heterocycles. The maximum atomic E-state index is 12.1. The Morgan fingerprint density at radius 3 is 2.70 bits per heavy atom. The molecular formula is C15H18ClN3O3S. The Morgan fingerprint density at radius 1 is 1.39 bits per heavy atom. The number of hydrogen-bond donors (Lipinski definition) is 1. The first kappa shape index (κ1) is 17.7. The second kappa shape index (κ2) is 7.77. The zero-order chi connectivity index (χ0) is 16.9. The van der Waals surface area contributed by atoms with E-state index in [0.717, 1.165) is 0 Å². The third-order valence-electron chi connectivity index (χ3n) is 3.77. The second-order valence-electron chi connectivity index (χ2n) is 5.39. The summed E-state index contributed by atoms with van der Waals surface area (Å²) in [6, 6.07) is 8.16. The summed E-state index contributed by atoms with van der Waals surface area (Å²) in [6.45, 7) is 1.14. The Kier molecular flexibility index (Phi) is 5.99. The van der Waals surface area contributed by atoms with Crippen LogP contribution in [-0.2, 0) is 14.8 Å². The number of piperidine rings is 1. The number of likely N-dealkylation sites (tertiary alicyclic amines) is 1. The highest BCUT2D eigenvalue weighted by molar-refractivity contribution is 7.89. The van der Waals surface area contributed by atoms with E-state index in [2.05, 4.69) is 10.8 Å². The molecule has 0 spiro atoms. The maximum Gasteiger partial charge on any atom is 0.240 e. The summed E-state index contributed by atoms with van der Waals surface area (Å²) >= 11 is 5.78. The van der Waals surface area contributed by atoms with E-state index in [1.165, 1.54) is 12.1 Å². The van der Waals surface area contributed by atoms with Gasteiger partial charge in [0.15, 0.2) is 0 Å². The summed E-state index contributed by atoms with van der Waals surface area (Å²) < 4.78 is 26.6. The van der Waals surface area contributed by atoms with Gasteiger partial charge in [0.05, 0.1) is 11.0 Å². The highest BCUT2D eigenvalue weighted by atomic mass is 35.5. The van der Waals surface area contributed by atoms with Crippen LogP contribution in [-0.4, -0.2) is 38.9 Å². The molecule has 0 unspecified atom stereocenters. The van der Waals surface area contributed by atoms with Gasteiger partial charge < -0.3 is 4.90 Å². The van der Waals surface area contributed by atoms with Gasteiger partial charge in [-0.05, 0) is 31.0 Å². The van der Waals surface area contributed by atoms with Gasteiger partial charge in [-0.15, -0.1) is 0 Å². The fourth-order valence-electron chi connectivity index (χ4n) is 2.43. The Morgan fingerprint density at radius 2 is 2.09 bits per heavy atom. The van der Waals surface area contributed by atoms with Gasteiger partial charge >= 0.3 is 0 Å². The molecule has 1 fully saturated rings. The molecule has 1 aromatic carbocycles. The minimum Gasteiger partial charge on any atom is -0.343 e. The number of nitrogens with one attached hydrogen (secondary N) is 1. The van der Waals surface area contributed by atoms with E-state index in [1.54, 1.807) is 17.0 Å². The standard InChI is InChI=1S/C15H18ClN3O3S/c16-13-2-1-3-14(10-13)23(21,22)18-7-4-15(20)19-8-5-12(11-17)6-9-19/h1-3,10,12,18H,4-9H2. The number of nitrogens with zero attached hydrogens (tertiary/aromatic N) is 2. The number of halogens is 1. The molecule has 0 aromatic heterocycles. The smallest absolute Gasteiger partial charge is 0.240 e. The van der Waals surface area contributed by atoms with E-state index < -0.39 is 10.0 Å². The van der Waals surface area contributed by atoms with Gasteiger partial charge in [0.1, 0.15) is 0 Å². The molecular weight excluding hydrogens is 338 g/mol. The van der Waals surface area contributed by atoms with Crippen molar-refractivity contribution in [3.63, 3.8) is 0 Å². The Hall–Kier alpha value is -1.62. The summed E-state index contributed by atoms with van der Waals surface area (Å²) in [7, 11) is -3.67. The predicted molar refractivity (Wildman–Crippen MR) is 86.2 cm³/mol. The zero-order valence-corrected chi connectivity index (χ0v) is 14.1. The quantitative estimate of drug-likeness (QED) is 0.871. The van der Waals surface area contributed by atoms with Crippen molar-refractivity contribution in [2.75, 3.05) is 19.6 Å². The highest BCUT2D eigenvalue weighted by Gasteiger charge is 2.22. The van der Waals surface area contributed by atoms with Crippen LogP contribution in [0, 0.1) is 17.2 Å². The number of benzene rings is 1. The summed E-state index contributed by atoms with van der Waals surface area (Å²) in [5.41, 5.74) is 0. The van der Waals surface area contributed by atoms with E-state index >= 15 is 0 Å². The van der Waals surface area contributed by atoms with Gasteiger partial charge in [-0.25, -0.2) is 13.1 Å². The van der Waals surface area contributed by atoms with Gasteiger partial charge in [-0.2, -0.15) is 5.26 Å². The molecule has 1 aromatic rings. The minimum absolute atomic E-state index is 0.0142. The van der Waals surface area contributed by atoms with Crippen LogP contribution in [0.15, 0.2) is 29.2 Å². The lowest BCUT2D eigenvalue weighted by Crippen LogP contribution is -2.39. The van der Waals surface area contributed by atoms with Crippen molar-refractivity contribution in [2.24, 2.45) is 5.92 Å². The van der Waals surface area contributed by atoms with Crippen molar-refractivity contribution in [3.8, 4) is 6.07 Å². The molecule has 0 saturated carbocycles. The molecule has 1 aliphatic heterocycles. The van der Waals surface area contributed by atoms with Crippen molar-refractivity contribution in [1.82, 2.24) is 9.62 Å². The van der Waals surface area contributed by atoms with Crippen molar-refractivity contribution < 1.29 is 13.2 Å². The normalized spacial score (nSPS) is 16.1. The lowest BCUT2D eigenvalue weighted by atomic mass is 9.98. The molecule has 1 heterocycles. The molecule has 0 aliphatic carbocycles. The van der Waals surface area contributed by atoms with Crippen LogP contribution in [0.1, 0.15) is 19.3 Å². The second-order valence-corrected chi connectivity index (χ2v) is 7.59. The van der Waals surface area contributed by atoms with E-state index in [9.17, 15) is 13.2 Å². The molecule has 2 rings (SSSR count). The number of hydrogen-bond acceptors (Lipinski definition) is 4. The number of carbonyl (C=O) groups excluding carboxylic acids is 1. The number of sulfonamides is 1. The number of amides is 1. The number of rotatable bonds is 5. The molecule has 0 atom stereocenters. The monoisotopic (exact) mass is 355 g/mol. The first-order valence-corrected chi connectivity index (χ1v) is 9.21. The van der Waals surface area contributed by atoms with Crippen molar-refractivity contribution >= 4 is 27.5 Å². The summed E-state index contributed by atoms with van der Waals surface area (Å²) in [4.78, 5) is 13.8. The maximum absolute atomic E-state index is 12.1. The SMILES string of the molecule is N#CC1CCN(C(=O)CCNS(=O)(=O)c2cccc(Cl)c2)CC1. The molecule has 8 heteroatoms. The molecule has 0 bridgehead atoms. The number of carbonyl (C=O) groups is 1. The molecule has 1 aliphatic rings. The average molecular weight is 356 g/mol. The van der Waals surface area contributed by atoms with E-state index in [-0.39, 0.29) is 29.7 Å². The Balaban J connectivity index is 1.83. The lowest BCUT2D eigenvalue weighted by Gasteiger charge is -2.29. The van der Waals surface area contributed by atoms with E-state index in [0.29, 0.717) is 31.0 Å². The molecule has 6 nitrogen and oxygen atoms in total. The third-order valence-corrected chi connectivity index (χ3v) is 5.46. The molecule has 23 heavy (non-hydrogen) atoms. The van der Waals surface area contributed by atoms with E-state index in [1.807, 2.05) is 0 Å². The lowest BCUT2D eigenvalue weighted by molar-refractivity contribution is -0.132. The minimum atomic E-state index is -3.67. The van der Waals surface area contributed by atoms with Gasteiger partial charge in [0, 0.05) is 37.0 Å². The Labute approximate surface area is 141 Å². The predicted octanol–water partition coefficient (Wildman–Crippen LogP) is 1.77. The Bertz CT molecular complexity index is 707. The van der Waals surface area contributed by atoms with Gasteiger partial charge in [-0.3, -0.25) is 4.79 Å². The largest absolute Gasteiger partial charge is 0.343 e. The number of nitriles is 1. The van der Waals surface area contributed by atoms with Crippen molar-refractivity contribution in [2.45, 2.75) is 24.2 Å². The van der Waals surface area contributed by atoms with Crippen LogP contribution in [0.3, 0.4) is 0 Å². The van der Waals surface area contributed by atoms with E-state index in [4.69, 9.17) is 16.9 Å². The van der Waals surface area contributed by atoms with Crippen molar-refractivity contribution in [1.29, 1.82) is 5.26 Å². The third kappa shape index (κ3) is 4.93. The average Bonchev–Trinajstić information content (AvgIpc) is 2.54. The topological polar surface area (TPSA) is 90.3 Å². The van der Waals surface area contributed by atoms with Crippen LogP contribution in [0.5, 0.6) is 0 Å². The fourth-order valence-corrected chi connectivity index (χ4v) is 3.76. The summed E-state index contributed by atoms with van der Waals surface area (Å²) in [5.74, 6) is -0.0874. The summed E-state index contributed by atoms with van der Waals surface area (Å²) in [5, 5.41) is 9.17. The molecule has 0 radical (unpaired) electrons. The van der Waals surface area contributed by atoms with Crippen LogP contribution >= 0.6 is 11.6 Å². The van der Waals surface area contributed by atoms with Gasteiger partial charge in [0.25, 0.3) is 0 Å². The first-order valence-electron chi connectivity index (χ1n) is 7.35. The van der Waals surface area contributed by atoms with Crippen LogP contribution in [0.25, 0.3) is 0 Å². The first-order chi connectivity index (χ1) is 10.9. The highest BCUT2D eigenvalue weighted by Crippen LogP contribution is 2.17. The molecule has 1 amide bonds.